The van der Waals surface area contributed by atoms with Crippen LogP contribution in [0.15, 0.2) is 36.4 Å². The number of aliphatic hydroxyl groups is 1. The first-order chi connectivity index (χ1) is 17.7. The Kier molecular flexibility index (Phi) is 6.59. The summed E-state index contributed by atoms with van der Waals surface area (Å²) in [7, 11) is -5.06. The number of benzene rings is 2. The zero-order valence-electron chi connectivity index (χ0n) is 20.4. The number of likely N-dealkylation sites (tertiary alicyclic amines) is 1. The fourth-order valence-corrected chi connectivity index (χ4v) is 6.52. The van der Waals surface area contributed by atoms with Crippen LogP contribution in [0, 0.1) is 28.8 Å². The van der Waals surface area contributed by atoms with Gasteiger partial charge in [-0.15, -0.1) is 0 Å². The summed E-state index contributed by atoms with van der Waals surface area (Å²) >= 11 is 0. The third-order valence-corrected chi connectivity index (χ3v) is 9.15. The summed E-state index contributed by atoms with van der Waals surface area (Å²) in [6.07, 6.45) is 1.90. The van der Waals surface area contributed by atoms with Gasteiger partial charge in [-0.25, -0.2) is 26.3 Å². The van der Waals surface area contributed by atoms with Gasteiger partial charge >= 0.3 is 5.76 Å². The Labute approximate surface area is 216 Å². The van der Waals surface area contributed by atoms with E-state index in [0.717, 1.165) is 12.1 Å². The largest absolute Gasteiger partial charge is 0.380 e. The van der Waals surface area contributed by atoms with E-state index in [1.807, 2.05) is 0 Å². The third kappa shape index (κ3) is 4.82. The molecule has 3 fully saturated rings. The summed E-state index contributed by atoms with van der Waals surface area (Å²) in [4.78, 5) is 14.8. The molecule has 206 valence electrons. The van der Waals surface area contributed by atoms with Crippen LogP contribution in [0.5, 0.6) is 0 Å². The molecule has 2 saturated carbocycles. The van der Waals surface area contributed by atoms with Gasteiger partial charge in [-0.3, -0.25) is 4.79 Å². The van der Waals surface area contributed by atoms with Crippen molar-refractivity contribution in [2.45, 2.75) is 62.5 Å². The van der Waals surface area contributed by atoms with E-state index in [1.165, 1.54) is 30.0 Å². The Morgan fingerprint density at radius 3 is 2.34 bits per heavy atom. The zero-order valence-corrected chi connectivity index (χ0v) is 21.2. The lowest BCUT2D eigenvalue weighted by Crippen LogP contribution is -2.55. The van der Waals surface area contributed by atoms with Crippen LogP contribution in [0.4, 0.5) is 22.0 Å². The van der Waals surface area contributed by atoms with Crippen LogP contribution in [-0.4, -0.2) is 54.3 Å². The molecule has 0 bridgehead atoms. The zero-order chi connectivity index (χ0) is 27.6. The molecule has 0 aromatic heterocycles. The van der Waals surface area contributed by atoms with Gasteiger partial charge in [0.25, 0.3) is 15.9 Å². The molecule has 6 nitrogen and oxygen atoms in total. The van der Waals surface area contributed by atoms with Crippen molar-refractivity contribution in [3.8, 4) is 11.1 Å². The van der Waals surface area contributed by atoms with Gasteiger partial charge in [-0.1, -0.05) is 18.2 Å². The minimum atomic E-state index is -5.06. The molecular formula is C26H27F5N2O4S. The van der Waals surface area contributed by atoms with Crippen LogP contribution in [0.1, 0.15) is 38.2 Å². The first-order valence-corrected chi connectivity index (χ1v) is 13.9. The molecule has 5 rings (SSSR count). The number of hydrogen-bond donors (Lipinski definition) is 2. The highest BCUT2D eigenvalue weighted by Crippen LogP contribution is 2.56. The summed E-state index contributed by atoms with van der Waals surface area (Å²) in [6, 6.07) is 4.49. The maximum Gasteiger partial charge on any atom is 0.350 e. The Hall–Kier alpha value is -2.57. The number of carbonyl (C=O) groups excluding carboxylic acids is 1. The van der Waals surface area contributed by atoms with Crippen LogP contribution in [0.25, 0.3) is 11.1 Å². The smallest absolute Gasteiger partial charge is 0.350 e. The summed E-state index contributed by atoms with van der Waals surface area (Å²) in [6.45, 7) is 1.40. The van der Waals surface area contributed by atoms with Gasteiger partial charge in [0.15, 0.2) is 0 Å². The maximum absolute atomic E-state index is 15.7. The molecule has 1 spiro atoms. The van der Waals surface area contributed by atoms with E-state index in [9.17, 15) is 35.9 Å². The Morgan fingerprint density at radius 2 is 1.79 bits per heavy atom. The van der Waals surface area contributed by atoms with Gasteiger partial charge < -0.3 is 10.0 Å². The second-order valence-corrected chi connectivity index (χ2v) is 12.5. The molecule has 3 unspecified atom stereocenters. The maximum atomic E-state index is 15.7. The minimum Gasteiger partial charge on any atom is -0.380 e. The number of halogens is 5. The lowest BCUT2D eigenvalue weighted by molar-refractivity contribution is -0.153. The van der Waals surface area contributed by atoms with Crippen LogP contribution in [0.2, 0.25) is 0 Å². The SMILES string of the molecule is CC(O)(C(=O)N1CC2(CC2)C(NS(=O)(=O)C(F)F)C1Cc1cccc(-c2cc(F)cc(F)c2)c1F)C1CC1. The lowest BCUT2D eigenvalue weighted by Gasteiger charge is -2.34. The standard InChI is InChI=1S/C26H27F5N2O4S/c1-25(35,16-5-6-16)23(34)33-13-26(7-8-26)22(32-38(36,37)24(30)31)20(33)11-14-3-2-4-19(21(14)29)15-9-17(27)12-18(28)10-15/h2-4,9-10,12,16,20,22,24,32,35H,5-8,11,13H2,1H3. The quantitative estimate of drug-likeness (QED) is 0.480. The number of rotatable bonds is 8. The predicted octanol–water partition coefficient (Wildman–Crippen LogP) is 3.98. The number of amides is 1. The second-order valence-electron chi connectivity index (χ2n) is 10.8. The highest BCUT2D eigenvalue weighted by Gasteiger charge is 2.63. The van der Waals surface area contributed by atoms with Gasteiger partial charge in [-0.2, -0.15) is 8.78 Å². The number of alkyl halides is 2. The molecule has 2 N–H and O–H groups in total. The number of hydrogen-bond acceptors (Lipinski definition) is 4. The van der Waals surface area contributed by atoms with Crippen molar-refractivity contribution in [1.82, 2.24) is 9.62 Å². The van der Waals surface area contributed by atoms with E-state index >= 15 is 4.39 Å². The van der Waals surface area contributed by atoms with Crippen LogP contribution in [-0.2, 0) is 21.2 Å². The lowest BCUT2D eigenvalue weighted by atomic mass is 9.91. The molecule has 2 aromatic carbocycles. The van der Waals surface area contributed by atoms with Crippen LogP contribution >= 0.6 is 0 Å². The number of nitrogens with zero attached hydrogens (tertiary/aromatic N) is 1. The van der Waals surface area contributed by atoms with Crippen molar-refractivity contribution in [2.24, 2.45) is 11.3 Å². The summed E-state index contributed by atoms with van der Waals surface area (Å²) in [5, 5.41) is 11.0. The number of sulfonamides is 1. The minimum absolute atomic E-state index is 0.0000194. The van der Waals surface area contributed by atoms with Gasteiger partial charge in [0.05, 0.1) is 6.04 Å². The first kappa shape index (κ1) is 27.0. The fraction of sp³-hybridized carbons (Fsp3) is 0.500. The van der Waals surface area contributed by atoms with Gasteiger partial charge in [0.2, 0.25) is 0 Å². The predicted molar refractivity (Wildman–Crippen MR) is 128 cm³/mol. The Bertz CT molecular complexity index is 1360. The first-order valence-electron chi connectivity index (χ1n) is 12.3. The van der Waals surface area contributed by atoms with E-state index in [0.29, 0.717) is 31.7 Å². The molecule has 2 aromatic rings. The van der Waals surface area contributed by atoms with E-state index in [2.05, 4.69) is 4.72 Å². The monoisotopic (exact) mass is 558 g/mol. The molecular weight excluding hydrogens is 531 g/mol. The summed E-state index contributed by atoms with van der Waals surface area (Å²) in [5.41, 5.74) is -2.74. The van der Waals surface area contributed by atoms with E-state index < -0.39 is 62.2 Å². The van der Waals surface area contributed by atoms with Crippen molar-refractivity contribution in [2.75, 3.05) is 6.54 Å². The van der Waals surface area contributed by atoms with Crippen LogP contribution in [0.3, 0.4) is 0 Å². The second kappa shape index (κ2) is 9.27. The molecule has 38 heavy (non-hydrogen) atoms. The van der Waals surface area contributed by atoms with E-state index in [4.69, 9.17) is 0 Å². The van der Waals surface area contributed by atoms with Crippen molar-refractivity contribution < 1.29 is 40.3 Å². The van der Waals surface area contributed by atoms with Gasteiger partial charge in [0.1, 0.15) is 23.1 Å². The van der Waals surface area contributed by atoms with Crippen molar-refractivity contribution >= 4 is 15.9 Å². The summed E-state index contributed by atoms with van der Waals surface area (Å²) < 4.78 is 96.5. The van der Waals surface area contributed by atoms with E-state index in [-0.39, 0.29) is 35.6 Å². The van der Waals surface area contributed by atoms with E-state index in [1.54, 1.807) is 0 Å². The van der Waals surface area contributed by atoms with Gasteiger partial charge in [0, 0.05) is 29.6 Å². The number of carbonyl (C=O) groups is 1. The normalized spacial score (nSPS) is 24.2. The van der Waals surface area contributed by atoms with Gasteiger partial charge in [-0.05, 0) is 68.2 Å². The Balaban J connectivity index is 1.54. The molecule has 3 aliphatic rings. The molecule has 1 aliphatic heterocycles. The molecule has 1 heterocycles. The fourth-order valence-electron chi connectivity index (χ4n) is 5.66. The average molecular weight is 559 g/mol. The Morgan fingerprint density at radius 1 is 1.16 bits per heavy atom. The molecule has 3 atom stereocenters. The number of nitrogens with one attached hydrogen (secondary N) is 1. The highest BCUT2D eigenvalue weighted by molar-refractivity contribution is 7.89. The van der Waals surface area contributed by atoms with Crippen molar-refractivity contribution in [3.05, 3.63) is 59.4 Å². The molecule has 1 amide bonds. The van der Waals surface area contributed by atoms with Crippen LogP contribution < -0.4 is 4.72 Å². The molecule has 0 radical (unpaired) electrons. The molecule has 1 saturated heterocycles. The molecule has 2 aliphatic carbocycles. The average Bonchev–Trinajstić information content (AvgIpc) is 3.74. The summed E-state index contributed by atoms with van der Waals surface area (Å²) in [5.74, 6) is -7.31. The highest BCUT2D eigenvalue weighted by atomic mass is 32.2. The molecule has 12 heteroatoms. The van der Waals surface area contributed by atoms with Crippen molar-refractivity contribution in [3.63, 3.8) is 0 Å². The topological polar surface area (TPSA) is 86.7 Å². The van der Waals surface area contributed by atoms with Crippen molar-refractivity contribution in [1.29, 1.82) is 0 Å². The third-order valence-electron chi connectivity index (χ3n) is 8.10.